The van der Waals surface area contributed by atoms with Gasteiger partial charge in [0.15, 0.2) is 0 Å². The van der Waals surface area contributed by atoms with Crippen LogP contribution in [-0.4, -0.2) is 4.57 Å². The van der Waals surface area contributed by atoms with Crippen molar-refractivity contribution in [2.75, 3.05) is 19.6 Å². The molecule has 16 aromatic carbocycles. The lowest BCUT2D eigenvalue weighted by Gasteiger charge is -2.25. The van der Waals surface area contributed by atoms with Crippen LogP contribution < -0.4 is 19.6 Å². The Morgan fingerprint density at radius 2 is 0.529 bits per heavy atom. The predicted octanol–water partition coefficient (Wildman–Crippen LogP) is 28.7. The first kappa shape index (κ1) is 61.8. The summed E-state index contributed by atoms with van der Waals surface area (Å²) in [5.41, 5.74) is 21.0. The van der Waals surface area contributed by atoms with Gasteiger partial charge in [-0.2, -0.15) is 0 Å². The molecule has 0 atom stereocenters. The number of furan rings is 1. The van der Waals surface area contributed by atoms with Gasteiger partial charge in [-0.25, -0.2) is 0 Å². The molecule has 4 aromatic heterocycles. The first-order chi connectivity index (χ1) is 51.6. The molecule has 0 bridgehead atoms. The van der Waals surface area contributed by atoms with E-state index in [1.807, 2.05) is 22.7 Å². The molecule has 0 spiro atoms. The molecule has 492 valence electrons. The maximum Gasteiger partial charge on any atom is 0.137 e. The summed E-state index contributed by atoms with van der Waals surface area (Å²) >= 11 is 3.70. The van der Waals surface area contributed by atoms with Crippen molar-refractivity contribution in [3.8, 4) is 16.8 Å². The SMILES string of the molecule is c1ccc(N(c2ccccc2)c2ccc3c(c2)sc2ccc(-c4ccc5c6ccc(N(c7ccccc7)c7ccccc7)cc6n(-c6ccccc6)c5c4)cc23)cc1.c1ccc(N(c2ccccc2)c2ccc3oc4cc(N(c5ccccc5)c5ccc6sc7ccccc7c6c5)ccc4c3c2)cc1. The predicted molar refractivity (Wildman–Crippen MR) is 444 cm³/mol. The number of hydrogen-bond donors (Lipinski definition) is 0. The summed E-state index contributed by atoms with van der Waals surface area (Å²) in [6, 6.07) is 141. The number of thiophene rings is 2. The zero-order valence-corrected chi connectivity index (χ0v) is 58.1. The second-order valence-electron chi connectivity index (χ2n) is 26.0. The van der Waals surface area contributed by atoms with E-state index in [-0.39, 0.29) is 0 Å². The third-order valence-electron chi connectivity index (χ3n) is 19.7. The summed E-state index contributed by atoms with van der Waals surface area (Å²) in [5.74, 6) is 0. The van der Waals surface area contributed by atoms with Crippen LogP contribution in [-0.2, 0) is 0 Å². The molecule has 0 unspecified atom stereocenters. The van der Waals surface area contributed by atoms with Crippen LogP contribution in [0.25, 0.3) is 101 Å². The Morgan fingerprint density at radius 3 is 1.07 bits per heavy atom. The molecular weight excluding hydrogens is 1300 g/mol. The third-order valence-corrected chi connectivity index (χ3v) is 22.0. The standard InChI is InChI=1S/C54H37N3S.C42H28N2OS/c1-6-16-40(17-7-1)55(41-18-8-2-9-19-41)45-28-31-48-47-30-26-39(35-51(47)57(52(48)36-45)44-24-14-5-15-25-44)38-27-33-53-50(34-38)49-32-29-46(37-54(49)58-53)56(42-20-10-3-11-21-42)43-22-12-4-13-23-43;1-4-12-29(13-5-1)43(30-14-6-2-7-15-30)32-21-24-39-37(26-32)35-23-20-34(28-40(35)45-39)44(31-16-8-3-9-17-31)33-22-25-42-38(27-33)36-18-10-11-19-41(36)46-42/h1-37H;1-28H. The van der Waals surface area contributed by atoms with Crippen molar-refractivity contribution in [1.82, 2.24) is 4.57 Å². The Kier molecular flexibility index (Phi) is 15.9. The van der Waals surface area contributed by atoms with Crippen molar-refractivity contribution < 1.29 is 4.42 Å². The summed E-state index contributed by atoms with van der Waals surface area (Å²) in [5, 5.41) is 9.77. The van der Waals surface area contributed by atoms with Crippen LogP contribution in [0.4, 0.5) is 68.2 Å². The molecule has 0 amide bonds. The topological polar surface area (TPSA) is 31.0 Å². The Morgan fingerprint density at radius 1 is 0.192 bits per heavy atom. The fourth-order valence-corrected chi connectivity index (χ4v) is 17.2. The van der Waals surface area contributed by atoms with Gasteiger partial charge in [-0.3, -0.25) is 0 Å². The zero-order valence-electron chi connectivity index (χ0n) is 56.5. The molecule has 8 heteroatoms. The molecule has 0 aliphatic heterocycles. The minimum atomic E-state index is 0.860. The van der Waals surface area contributed by atoms with Crippen molar-refractivity contribution in [1.29, 1.82) is 0 Å². The lowest BCUT2D eigenvalue weighted by molar-refractivity contribution is 0.669. The van der Waals surface area contributed by atoms with E-state index in [4.69, 9.17) is 4.42 Å². The molecule has 20 rings (SSSR count). The molecule has 0 aliphatic carbocycles. The first-order valence-corrected chi connectivity index (χ1v) is 36.7. The van der Waals surface area contributed by atoms with E-state index in [0.29, 0.717) is 0 Å². The second kappa shape index (κ2) is 26.7. The van der Waals surface area contributed by atoms with Crippen molar-refractivity contribution >= 4 is 175 Å². The van der Waals surface area contributed by atoms with Gasteiger partial charge in [-0.1, -0.05) is 194 Å². The molecule has 0 saturated heterocycles. The van der Waals surface area contributed by atoms with E-state index in [9.17, 15) is 0 Å². The van der Waals surface area contributed by atoms with Crippen LogP contribution in [0.3, 0.4) is 0 Å². The van der Waals surface area contributed by atoms with E-state index >= 15 is 0 Å². The fraction of sp³-hybridized carbons (Fsp3) is 0. The highest BCUT2D eigenvalue weighted by Crippen LogP contribution is 2.47. The van der Waals surface area contributed by atoms with Gasteiger partial charge in [-0.05, 0) is 205 Å². The molecule has 6 nitrogen and oxygen atoms in total. The lowest BCUT2D eigenvalue weighted by atomic mass is 10.0. The van der Waals surface area contributed by atoms with E-state index < -0.39 is 0 Å². The van der Waals surface area contributed by atoms with Gasteiger partial charge in [0.1, 0.15) is 11.2 Å². The van der Waals surface area contributed by atoms with Crippen molar-refractivity contribution in [2.45, 2.75) is 0 Å². The van der Waals surface area contributed by atoms with Crippen LogP contribution in [0, 0.1) is 0 Å². The van der Waals surface area contributed by atoms with Crippen molar-refractivity contribution in [3.05, 3.63) is 394 Å². The van der Waals surface area contributed by atoms with Crippen LogP contribution in [0.5, 0.6) is 0 Å². The molecule has 4 heterocycles. The molecule has 0 saturated carbocycles. The minimum absolute atomic E-state index is 0.860. The molecule has 104 heavy (non-hydrogen) atoms. The number of anilines is 12. The minimum Gasteiger partial charge on any atom is -0.456 e. The number of hydrogen-bond acceptors (Lipinski definition) is 7. The maximum absolute atomic E-state index is 6.53. The van der Waals surface area contributed by atoms with Crippen LogP contribution >= 0.6 is 22.7 Å². The lowest BCUT2D eigenvalue weighted by Crippen LogP contribution is -2.09. The normalized spacial score (nSPS) is 11.5. The largest absolute Gasteiger partial charge is 0.456 e. The monoisotopic (exact) mass is 1370 g/mol. The first-order valence-electron chi connectivity index (χ1n) is 35.1. The average Bonchev–Trinajstić information content (AvgIpc) is 1.59. The Labute approximate surface area is 610 Å². The van der Waals surface area contributed by atoms with E-state index in [1.54, 1.807) is 0 Å². The molecule has 0 aliphatic rings. The molecule has 0 N–H and O–H groups in total. The number of para-hydroxylation sites is 8. The van der Waals surface area contributed by atoms with Crippen LogP contribution in [0.1, 0.15) is 0 Å². The van der Waals surface area contributed by atoms with E-state index in [1.165, 1.54) is 73.3 Å². The summed E-state index contributed by atoms with van der Waals surface area (Å²) in [7, 11) is 0. The quantitative estimate of drug-likeness (QED) is 0.108. The van der Waals surface area contributed by atoms with Crippen LogP contribution in [0.15, 0.2) is 399 Å². The highest BCUT2D eigenvalue weighted by molar-refractivity contribution is 7.26. The zero-order chi connectivity index (χ0) is 68.9. The van der Waals surface area contributed by atoms with E-state index in [2.05, 4.69) is 418 Å². The number of aromatic nitrogens is 1. The highest BCUT2D eigenvalue weighted by atomic mass is 32.1. The fourth-order valence-electron chi connectivity index (χ4n) is 15.0. The number of nitrogens with zero attached hydrogens (tertiary/aromatic N) is 5. The molecular formula is C96H65N5OS2. The third kappa shape index (κ3) is 11.4. The van der Waals surface area contributed by atoms with Gasteiger partial charge in [0.2, 0.25) is 0 Å². The van der Waals surface area contributed by atoms with Gasteiger partial charge in [0, 0.05) is 142 Å². The molecule has 20 aromatic rings. The van der Waals surface area contributed by atoms with Crippen LogP contribution in [0.2, 0.25) is 0 Å². The van der Waals surface area contributed by atoms with Gasteiger partial charge in [-0.15, -0.1) is 22.7 Å². The Balaban J connectivity index is 0.000000147. The maximum atomic E-state index is 6.53. The van der Waals surface area contributed by atoms with E-state index in [0.717, 1.165) is 95.9 Å². The average molecular weight is 1370 g/mol. The highest BCUT2D eigenvalue weighted by Gasteiger charge is 2.23. The molecule has 0 fully saturated rings. The number of fused-ring (bicyclic) bond motifs is 12. The second-order valence-corrected chi connectivity index (χ2v) is 28.2. The summed E-state index contributed by atoms with van der Waals surface area (Å²) < 4.78 is 14.1. The summed E-state index contributed by atoms with van der Waals surface area (Å²) in [6.07, 6.45) is 0. The van der Waals surface area contributed by atoms with Gasteiger partial charge >= 0.3 is 0 Å². The number of rotatable bonds is 14. The number of benzene rings is 16. The van der Waals surface area contributed by atoms with Gasteiger partial charge in [0.05, 0.1) is 11.0 Å². The Hall–Kier alpha value is -13.2. The van der Waals surface area contributed by atoms with Crippen molar-refractivity contribution in [3.63, 3.8) is 0 Å². The van der Waals surface area contributed by atoms with Gasteiger partial charge < -0.3 is 28.6 Å². The molecule has 0 radical (unpaired) electrons. The Bertz CT molecular complexity index is 6370. The van der Waals surface area contributed by atoms with Gasteiger partial charge in [0.25, 0.3) is 0 Å². The van der Waals surface area contributed by atoms with Crippen molar-refractivity contribution in [2.24, 2.45) is 0 Å². The summed E-state index contributed by atoms with van der Waals surface area (Å²) in [4.78, 5) is 9.27. The summed E-state index contributed by atoms with van der Waals surface area (Å²) in [6.45, 7) is 0. The smallest absolute Gasteiger partial charge is 0.137 e.